The first-order chi connectivity index (χ1) is 14.6. The van der Waals surface area contributed by atoms with E-state index in [4.69, 9.17) is 28.0 Å². The van der Waals surface area contributed by atoms with E-state index in [2.05, 4.69) is 4.98 Å². The van der Waals surface area contributed by atoms with Crippen LogP contribution in [0.3, 0.4) is 0 Å². The van der Waals surface area contributed by atoms with Crippen molar-refractivity contribution in [2.24, 2.45) is 5.92 Å². The number of carbonyl (C=O) groups excluding carboxylic acids is 2. The van der Waals surface area contributed by atoms with Crippen molar-refractivity contribution in [3.8, 4) is 0 Å². The number of imide groups is 1. The predicted octanol–water partition coefficient (Wildman–Crippen LogP) is 4.44. The molecule has 6 nitrogen and oxygen atoms in total. The van der Waals surface area contributed by atoms with Gasteiger partial charge in [-0.25, -0.2) is 9.96 Å². The van der Waals surface area contributed by atoms with Crippen LogP contribution in [0.4, 0.5) is 11.4 Å². The molecule has 150 valence electrons. The number of fused-ring (bicyclic) bond motifs is 1. The van der Waals surface area contributed by atoms with Gasteiger partial charge in [-0.15, -0.1) is 0 Å². The second-order valence-electron chi connectivity index (χ2n) is 7.05. The van der Waals surface area contributed by atoms with Crippen LogP contribution in [0.25, 0.3) is 0 Å². The number of nitrogens with zero attached hydrogens (tertiary/aromatic N) is 3. The summed E-state index contributed by atoms with van der Waals surface area (Å²) in [7, 11) is 0. The van der Waals surface area contributed by atoms with Crippen molar-refractivity contribution in [1.29, 1.82) is 0 Å². The van der Waals surface area contributed by atoms with Gasteiger partial charge in [-0.1, -0.05) is 47.5 Å². The van der Waals surface area contributed by atoms with Crippen molar-refractivity contribution in [2.75, 3.05) is 9.96 Å². The molecule has 2 aliphatic heterocycles. The molecule has 0 bridgehead atoms. The first-order valence-electron chi connectivity index (χ1n) is 9.30. The van der Waals surface area contributed by atoms with Crippen molar-refractivity contribution in [3.05, 3.63) is 88.7 Å². The summed E-state index contributed by atoms with van der Waals surface area (Å²) in [5.74, 6) is -1.51. The van der Waals surface area contributed by atoms with Gasteiger partial charge in [0.1, 0.15) is 5.92 Å². The van der Waals surface area contributed by atoms with E-state index in [1.807, 2.05) is 36.4 Å². The lowest BCUT2D eigenvalue weighted by molar-refractivity contribution is -0.126. The van der Waals surface area contributed by atoms with Crippen LogP contribution in [0.15, 0.2) is 73.1 Å². The number of pyridine rings is 1. The van der Waals surface area contributed by atoms with Gasteiger partial charge in [0.2, 0.25) is 5.91 Å². The van der Waals surface area contributed by atoms with E-state index in [1.54, 1.807) is 35.7 Å². The number of hydrogen-bond acceptors (Lipinski definition) is 5. The fourth-order valence-electron chi connectivity index (χ4n) is 3.98. The van der Waals surface area contributed by atoms with Gasteiger partial charge in [-0.05, 0) is 42.0 Å². The number of halogens is 2. The van der Waals surface area contributed by atoms with Crippen molar-refractivity contribution >= 4 is 46.4 Å². The SMILES string of the molecule is O=C1[C@H]2[C@@H](ON(c3ccccc3)[C@H]2c2cccnc2)C(=O)N1c1ccc(Cl)c(Cl)c1. The monoisotopic (exact) mass is 439 g/mol. The van der Waals surface area contributed by atoms with Crippen molar-refractivity contribution < 1.29 is 14.4 Å². The summed E-state index contributed by atoms with van der Waals surface area (Å²) in [5.41, 5.74) is 1.90. The van der Waals surface area contributed by atoms with Crippen molar-refractivity contribution in [3.63, 3.8) is 0 Å². The normalized spacial score (nSPS) is 23.2. The summed E-state index contributed by atoms with van der Waals surface area (Å²) in [6.07, 6.45) is 2.40. The largest absolute Gasteiger partial charge is 0.273 e. The van der Waals surface area contributed by atoms with E-state index >= 15 is 0 Å². The lowest BCUT2D eigenvalue weighted by atomic mass is 9.91. The number of hydroxylamine groups is 1. The van der Waals surface area contributed by atoms with Crippen molar-refractivity contribution in [1.82, 2.24) is 4.98 Å². The minimum atomic E-state index is -0.947. The average Bonchev–Trinajstić information content (AvgIpc) is 3.28. The molecule has 30 heavy (non-hydrogen) atoms. The maximum Gasteiger partial charge on any atom is 0.266 e. The Kier molecular flexibility index (Phi) is 4.70. The van der Waals surface area contributed by atoms with Crippen LogP contribution in [0.5, 0.6) is 0 Å². The third-order valence-electron chi connectivity index (χ3n) is 5.31. The zero-order chi connectivity index (χ0) is 20.8. The van der Waals surface area contributed by atoms with Crippen LogP contribution in [0.2, 0.25) is 10.0 Å². The summed E-state index contributed by atoms with van der Waals surface area (Å²) in [5, 5.41) is 2.25. The Balaban J connectivity index is 1.58. The molecule has 1 aromatic heterocycles. The van der Waals surface area contributed by atoms with Gasteiger partial charge < -0.3 is 0 Å². The molecule has 2 aliphatic rings. The van der Waals surface area contributed by atoms with Gasteiger partial charge in [0.25, 0.3) is 5.91 Å². The smallest absolute Gasteiger partial charge is 0.266 e. The molecular weight excluding hydrogens is 425 g/mol. The minimum Gasteiger partial charge on any atom is -0.273 e. The Hall–Kier alpha value is -2.93. The zero-order valence-electron chi connectivity index (χ0n) is 15.5. The maximum absolute atomic E-state index is 13.5. The van der Waals surface area contributed by atoms with E-state index in [9.17, 15) is 9.59 Å². The topological polar surface area (TPSA) is 62.7 Å². The molecule has 2 fully saturated rings. The summed E-state index contributed by atoms with van der Waals surface area (Å²) >= 11 is 12.1. The molecule has 0 spiro atoms. The molecule has 2 aromatic carbocycles. The summed E-state index contributed by atoms with van der Waals surface area (Å²) < 4.78 is 0. The zero-order valence-corrected chi connectivity index (χ0v) is 17.0. The lowest BCUT2D eigenvalue weighted by Gasteiger charge is -2.28. The minimum absolute atomic E-state index is 0.266. The third kappa shape index (κ3) is 2.96. The number of hydrogen-bond donors (Lipinski definition) is 0. The molecule has 3 heterocycles. The number of anilines is 2. The van der Waals surface area contributed by atoms with Gasteiger partial charge in [0.05, 0.1) is 27.5 Å². The predicted molar refractivity (Wildman–Crippen MR) is 113 cm³/mol. The van der Waals surface area contributed by atoms with Gasteiger partial charge in [0, 0.05) is 12.4 Å². The molecule has 0 saturated carbocycles. The number of benzene rings is 2. The summed E-state index contributed by atoms with van der Waals surface area (Å²) in [6.45, 7) is 0. The van der Waals surface area contributed by atoms with E-state index in [0.717, 1.165) is 16.2 Å². The number of para-hydroxylation sites is 1. The summed E-state index contributed by atoms with van der Waals surface area (Å²) in [6, 6.07) is 17.2. The van der Waals surface area contributed by atoms with Gasteiger partial charge in [0.15, 0.2) is 6.10 Å². The molecule has 2 saturated heterocycles. The Labute approximate surface area is 182 Å². The molecule has 8 heteroatoms. The Morgan fingerprint density at radius 1 is 0.867 bits per heavy atom. The average molecular weight is 440 g/mol. The summed E-state index contributed by atoms with van der Waals surface area (Å²) in [4.78, 5) is 38.0. The van der Waals surface area contributed by atoms with Crippen LogP contribution in [0, 0.1) is 5.92 Å². The maximum atomic E-state index is 13.5. The molecule has 0 radical (unpaired) electrons. The molecule has 5 rings (SSSR count). The van der Waals surface area contributed by atoms with Gasteiger partial charge in [-0.2, -0.15) is 0 Å². The Morgan fingerprint density at radius 2 is 1.67 bits per heavy atom. The van der Waals surface area contributed by atoms with E-state index in [0.29, 0.717) is 10.7 Å². The first kappa shape index (κ1) is 19.1. The lowest BCUT2D eigenvalue weighted by Crippen LogP contribution is -2.37. The second kappa shape index (κ2) is 7.40. The fraction of sp³-hybridized carbons (Fsp3) is 0.136. The highest BCUT2D eigenvalue weighted by atomic mass is 35.5. The molecule has 3 atom stereocenters. The number of aromatic nitrogens is 1. The molecular formula is C22H15Cl2N3O3. The Morgan fingerprint density at radius 3 is 2.37 bits per heavy atom. The van der Waals surface area contributed by atoms with E-state index in [1.165, 1.54) is 6.07 Å². The second-order valence-corrected chi connectivity index (χ2v) is 7.87. The standard InChI is InChI=1S/C22H15Cl2N3O3/c23-16-9-8-15(11-17(16)24)26-21(28)18-19(13-5-4-10-25-12-13)27(30-20(18)22(26)29)14-6-2-1-3-7-14/h1-12,18-20H/t18-,19+,20-/m1/s1. The number of carbonyl (C=O) groups is 2. The van der Waals surface area contributed by atoms with Gasteiger partial charge >= 0.3 is 0 Å². The third-order valence-corrected chi connectivity index (χ3v) is 6.05. The molecule has 3 aromatic rings. The highest BCUT2D eigenvalue weighted by Gasteiger charge is 2.60. The van der Waals surface area contributed by atoms with E-state index < -0.39 is 24.0 Å². The van der Waals surface area contributed by atoms with Crippen LogP contribution < -0.4 is 9.96 Å². The quantitative estimate of drug-likeness (QED) is 0.564. The van der Waals surface area contributed by atoms with Crippen molar-refractivity contribution in [2.45, 2.75) is 12.1 Å². The molecule has 0 N–H and O–H groups in total. The van der Waals surface area contributed by atoms with Crippen LogP contribution in [-0.4, -0.2) is 22.9 Å². The highest BCUT2D eigenvalue weighted by molar-refractivity contribution is 6.42. The van der Waals surface area contributed by atoms with Crippen LogP contribution in [-0.2, 0) is 14.4 Å². The number of amides is 2. The Bertz CT molecular complexity index is 1130. The number of rotatable bonds is 3. The van der Waals surface area contributed by atoms with Gasteiger partial charge in [-0.3, -0.25) is 19.4 Å². The van der Waals surface area contributed by atoms with E-state index in [-0.39, 0.29) is 10.9 Å². The molecule has 0 unspecified atom stereocenters. The molecule has 0 aliphatic carbocycles. The highest BCUT2D eigenvalue weighted by Crippen LogP contribution is 2.47. The van der Waals surface area contributed by atoms with Crippen LogP contribution in [0.1, 0.15) is 11.6 Å². The fourth-order valence-corrected chi connectivity index (χ4v) is 4.27. The first-order valence-corrected chi connectivity index (χ1v) is 10.1. The van der Waals surface area contributed by atoms with Crippen LogP contribution >= 0.6 is 23.2 Å². The molecule has 2 amide bonds.